The van der Waals surface area contributed by atoms with Crippen LogP contribution in [0.5, 0.6) is 0 Å². The molecule has 17 heavy (non-hydrogen) atoms. The molecule has 6 heteroatoms. The van der Waals surface area contributed by atoms with E-state index in [2.05, 4.69) is 15.3 Å². The Hall–Kier alpha value is -1.65. The van der Waals surface area contributed by atoms with Crippen molar-refractivity contribution in [3.05, 3.63) is 46.8 Å². The van der Waals surface area contributed by atoms with Crippen molar-refractivity contribution >= 4 is 28.8 Å². The molecule has 4 nitrogen and oxygen atoms in total. The molecular weight excluding hydrogens is 259 g/mol. The van der Waals surface area contributed by atoms with Crippen molar-refractivity contribution in [2.75, 3.05) is 0 Å². The first-order chi connectivity index (χ1) is 8.25. The van der Waals surface area contributed by atoms with E-state index >= 15 is 0 Å². The molecule has 1 aromatic carbocycles. The summed E-state index contributed by atoms with van der Waals surface area (Å²) < 4.78 is 1.40. The lowest BCUT2D eigenvalue weighted by molar-refractivity contribution is 0.929. The molecule has 0 amide bonds. The predicted octanol–water partition coefficient (Wildman–Crippen LogP) is 3.10. The number of hydrogen-bond acceptors (Lipinski definition) is 3. The summed E-state index contributed by atoms with van der Waals surface area (Å²) in [6.45, 7) is 0. The van der Waals surface area contributed by atoms with Crippen LogP contribution in [0.2, 0.25) is 10.4 Å². The van der Waals surface area contributed by atoms with Crippen molar-refractivity contribution in [1.82, 2.24) is 19.8 Å². The average Bonchev–Trinajstić information content (AvgIpc) is 2.71. The maximum absolute atomic E-state index is 6.12. The average molecular weight is 265 g/mol. The van der Waals surface area contributed by atoms with E-state index in [4.69, 9.17) is 23.2 Å². The molecule has 0 aliphatic heterocycles. The third kappa shape index (κ3) is 1.75. The molecule has 0 radical (unpaired) electrons. The molecule has 0 saturated heterocycles. The highest BCUT2D eigenvalue weighted by Gasteiger charge is 2.10. The van der Waals surface area contributed by atoms with Crippen LogP contribution < -0.4 is 0 Å². The molecule has 2 aromatic heterocycles. The molecule has 0 N–H and O–H groups in total. The smallest absolute Gasteiger partial charge is 0.182 e. The van der Waals surface area contributed by atoms with Crippen molar-refractivity contribution in [2.45, 2.75) is 0 Å². The molecule has 0 saturated carbocycles. The third-order valence-corrected chi connectivity index (χ3v) is 2.91. The summed E-state index contributed by atoms with van der Waals surface area (Å²) in [4.78, 5) is 0. The van der Waals surface area contributed by atoms with Crippen LogP contribution in [0.3, 0.4) is 0 Å². The highest BCUT2D eigenvalue weighted by molar-refractivity contribution is 6.32. The van der Waals surface area contributed by atoms with Gasteiger partial charge in [0.2, 0.25) is 5.28 Å². The van der Waals surface area contributed by atoms with Crippen LogP contribution in [-0.2, 0) is 0 Å². The summed E-state index contributed by atoms with van der Waals surface area (Å²) in [6.07, 6.45) is 0. The Morgan fingerprint density at radius 2 is 1.76 bits per heavy atom. The SMILES string of the molecule is Clc1nn2c(Cl)nnc2cc1-c1ccccc1. The molecule has 0 atom stereocenters. The summed E-state index contributed by atoms with van der Waals surface area (Å²) >= 11 is 11.9. The second-order valence-corrected chi connectivity index (χ2v) is 4.15. The lowest BCUT2D eigenvalue weighted by Crippen LogP contribution is -1.94. The number of halogens is 2. The Balaban J connectivity index is 2.27. The van der Waals surface area contributed by atoms with Crippen LogP contribution in [-0.4, -0.2) is 19.8 Å². The predicted molar refractivity (Wildman–Crippen MR) is 66.2 cm³/mol. The highest BCUT2D eigenvalue weighted by atomic mass is 35.5. The van der Waals surface area contributed by atoms with E-state index in [-0.39, 0.29) is 5.28 Å². The second kappa shape index (κ2) is 3.98. The molecule has 84 valence electrons. The molecule has 0 aliphatic rings. The van der Waals surface area contributed by atoms with Crippen LogP contribution in [0.1, 0.15) is 0 Å². The molecular formula is C11H6Cl2N4. The molecule has 0 unspecified atom stereocenters. The lowest BCUT2D eigenvalue weighted by atomic mass is 10.1. The number of aromatic nitrogens is 4. The maximum Gasteiger partial charge on any atom is 0.246 e. The van der Waals surface area contributed by atoms with Gasteiger partial charge in [-0.1, -0.05) is 41.9 Å². The number of rotatable bonds is 1. The van der Waals surface area contributed by atoms with E-state index in [1.807, 2.05) is 36.4 Å². The Bertz CT molecular complexity index is 679. The van der Waals surface area contributed by atoms with E-state index in [0.717, 1.165) is 11.1 Å². The van der Waals surface area contributed by atoms with Crippen molar-refractivity contribution in [1.29, 1.82) is 0 Å². The second-order valence-electron chi connectivity index (χ2n) is 3.45. The maximum atomic E-state index is 6.12. The minimum atomic E-state index is 0.196. The number of hydrogen-bond donors (Lipinski definition) is 0. The van der Waals surface area contributed by atoms with E-state index < -0.39 is 0 Å². The van der Waals surface area contributed by atoms with E-state index in [1.165, 1.54) is 4.52 Å². The van der Waals surface area contributed by atoms with Gasteiger partial charge in [-0.15, -0.1) is 10.2 Å². The quantitative estimate of drug-likeness (QED) is 0.679. The van der Waals surface area contributed by atoms with Crippen LogP contribution in [0.4, 0.5) is 0 Å². The molecule has 3 aromatic rings. The van der Waals surface area contributed by atoms with Crippen molar-refractivity contribution in [3.63, 3.8) is 0 Å². The normalized spacial score (nSPS) is 10.9. The number of benzene rings is 1. The zero-order valence-corrected chi connectivity index (χ0v) is 10.0. The minimum Gasteiger partial charge on any atom is -0.182 e. The molecule has 0 spiro atoms. The van der Waals surface area contributed by atoms with Gasteiger partial charge in [0.1, 0.15) is 0 Å². The monoisotopic (exact) mass is 264 g/mol. The van der Waals surface area contributed by atoms with Crippen molar-refractivity contribution in [2.24, 2.45) is 0 Å². The van der Waals surface area contributed by atoms with Gasteiger partial charge in [-0.25, -0.2) is 0 Å². The standard InChI is InChI=1S/C11H6Cl2N4/c12-10-8(7-4-2-1-3-5-7)6-9-14-15-11(13)17(9)16-10/h1-6H. The molecule has 0 aliphatic carbocycles. The largest absolute Gasteiger partial charge is 0.246 e. The molecule has 0 bridgehead atoms. The van der Waals surface area contributed by atoms with Gasteiger partial charge in [0.25, 0.3) is 0 Å². The van der Waals surface area contributed by atoms with Crippen LogP contribution >= 0.6 is 23.2 Å². The van der Waals surface area contributed by atoms with Crippen LogP contribution in [0, 0.1) is 0 Å². The summed E-state index contributed by atoms with van der Waals surface area (Å²) in [7, 11) is 0. The Morgan fingerprint density at radius 1 is 1.00 bits per heavy atom. The summed E-state index contributed by atoms with van der Waals surface area (Å²) in [5.41, 5.74) is 2.36. The van der Waals surface area contributed by atoms with Gasteiger partial charge in [0.05, 0.1) is 0 Å². The fourth-order valence-electron chi connectivity index (χ4n) is 1.60. The Morgan fingerprint density at radius 3 is 2.53 bits per heavy atom. The molecule has 3 rings (SSSR count). The summed E-state index contributed by atoms with van der Waals surface area (Å²) in [5, 5.41) is 12.3. The van der Waals surface area contributed by atoms with Crippen molar-refractivity contribution < 1.29 is 0 Å². The Kier molecular flexibility index (Phi) is 2.46. The van der Waals surface area contributed by atoms with E-state index in [9.17, 15) is 0 Å². The first-order valence-corrected chi connectivity index (χ1v) is 5.64. The van der Waals surface area contributed by atoms with Gasteiger partial charge < -0.3 is 0 Å². The highest BCUT2D eigenvalue weighted by Crippen LogP contribution is 2.27. The minimum absolute atomic E-state index is 0.196. The van der Waals surface area contributed by atoms with Gasteiger partial charge in [-0.2, -0.15) is 9.61 Å². The summed E-state index contributed by atoms with van der Waals surface area (Å²) in [6, 6.07) is 11.5. The van der Waals surface area contributed by atoms with Gasteiger partial charge in [-0.05, 0) is 23.2 Å². The zero-order chi connectivity index (χ0) is 11.8. The van der Waals surface area contributed by atoms with E-state index in [1.54, 1.807) is 0 Å². The first-order valence-electron chi connectivity index (χ1n) is 4.88. The van der Waals surface area contributed by atoms with Gasteiger partial charge in [-0.3, -0.25) is 0 Å². The first kappa shape index (κ1) is 10.5. The fraction of sp³-hybridized carbons (Fsp3) is 0. The van der Waals surface area contributed by atoms with Gasteiger partial charge >= 0.3 is 0 Å². The van der Waals surface area contributed by atoms with Gasteiger partial charge in [0.15, 0.2) is 10.8 Å². The molecule has 0 fully saturated rings. The van der Waals surface area contributed by atoms with Gasteiger partial charge in [0, 0.05) is 5.56 Å². The van der Waals surface area contributed by atoms with E-state index in [0.29, 0.717) is 10.8 Å². The molecule has 2 heterocycles. The third-order valence-electron chi connectivity index (χ3n) is 2.40. The number of nitrogens with zero attached hydrogens (tertiary/aromatic N) is 4. The topological polar surface area (TPSA) is 43.1 Å². The zero-order valence-electron chi connectivity index (χ0n) is 8.51. The van der Waals surface area contributed by atoms with Crippen LogP contribution in [0.25, 0.3) is 16.8 Å². The fourth-order valence-corrected chi connectivity index (χ4v) is 2.01. The Labute approximate surface area is 107 Å². The van der Waals surface area contributed by atoms with Crippen molar-refractivity contribution in [3.8, 4) is 11.1 Å². The van der Waals surface area contributed by atoms with Crippen LogP contribution in [0.15, 0.2) is 36.4 Å². The summed E-state index contributed by atoms with van der Waals surface area (Å²) in [5.74, 6) is 0. The number of fused-ring (bicyclic) bond motifs is 1. The lowest BCUT2D eigenvalue weighted by Gasteiger charge is -2.03.